The molecule has 0 amide bonds. The molecular formula is C16H26ClSi2Zr-. The smallest absolute Gasteiger partial charge is 1.00 e. The third kappa shape index (κ3) is 8.12. The molecule has 0 saturated carbocycles. The van der Waals surface area contributed by atoms with E-state index in [1.165, 1.54) is 10.4 Å². The first-order valence-corrected chi connectivity index (χ1v) is 13.8. The van der Waals surface area contributed by atoms with Crippen molar-refractivity contribution in [3.8, 4) is 0 Å². The minimum atomic E-state index is -1.01. The van der Waals surface area contributed by atoms with Crippen LogP contribution >= 0.6 is 0 Å². The van der Waals surface area contributed by atoms with Crippen LogP contribution < -0.4 is 12.4 Å². The van der Waals surface area contributed by atoms with Gasteiger partial charge in [0.15, 0.2) is 0 Å². The predicted molar refractivity (Wildman–Crippen MR) is 87.7 cm³/mol. The summed E-state index contributed by atoms with van der Waals surface area (Å²) in [6, 6.07) is 0. The second kappa shape index (κ2) is 9.56. The van der Waals surface area contributed by atoms with Gasteiger partial charge in [-0.25, -0.2) is 22.5 Å². The van der Waals surface area contributed by atoms with Crippen molar-refractivity contribution in [3.05, 3.63) is 46.8 Å². The number of hydrogen-bond acceptors (Lipinski definition) is 0. The van der Waals surface area contributed by atoms with Gasteiger partial charge < -0.3 is 12.4 Å². The molecule has 0 aliphatic heterocycles. The Kier molecular flexibility index (Phi) is 10.9. The fourth-order valence-electron chi connectivity index (χ4n) is 1.84. The number of rotatable bonds is 2. The summed E-state index contributed by atoms with van der Waals surface area (Å²) in [5, 5.41) is 2.98. The monoisotopic (exact) mass is 399 g/mol. The molecule has 0 N–H and O–H groups in total. The molecule has 4 heteroatoms. The third-order valence-corrected chi connectivity index (χ3v) is 6.92. The van der Waals surface area contributed by atoms with Crippen molar-refractivity contribution < 1.29 is 38.6 Å². The largest absolute Gasteiger partial charge is 2.00 e. The van der Waals surface area contributed by atoms with Gasteiger partial charge in [-0.05, 0) is 0 Å². The molecule has 0 fully saturated rings. The molecule has 0 aromatic heterocycles. The van der Waals surface area contributed by atoms with Gasteiger partial charge in [0.05, 0.1) is 0 Å². The van der Waals surface area contributed by atoms with Crippen molar-refractivity contribution in [3.63, 3.8) is 0 Å². The molecule has 110 valence electrons. The summed E-state index contributed by atoms with van der Waals surface area (Å²) in [5.41, 5.74) is 0. The molecule has 2 rings (SSSR count). The quantitative estimate of drug-likeness (QED) is 0.491. The number of hydrogen-bond donors (Lipinski definition) is 0. The molecule has 0 nitrogen and oxygen atoms in total. The van der Waals surface area contributed by atoms with Crippen LogP contribution in [0.5, 0.6) is 0 Å². The van der Waals surface area contributed by atoms with E-state index >= 15 is 0 Å². The molecule has 0 atom stereocenters. The van der Waals surface area contributed by atoms with Crippen LogP contribution in [0, 0.1) is 12.2 Å². The van der Waals surface area contributed by atoms with Crippen LogP contribution in [0.3, 0.4) is 0 Å². The molecular weight excluding hydrogens is 375 g/mol. The Morgan fingerprint density at radius 2 is 1.05 bits per heavy atom. The molecule has 0 aromatic rings. The van der Waals surface area contributed by atoms with E-state index in [1.807, 2.05) is 0 Å². The van der Waals surface area contributed by atoms with Gasteiger partial charge in [0, 0.05) is 16.1 Å². The van der Waals surface area contributed by atoms with Gasteiger partial charge in [0.2, 0.25) is 0 Å². The standard InChI is InChI=1S/2C8H13Si.ClH.Zr/c2*1-9(2,3)8-6-4-5-7-8;;/h2*4,6H,5H2,1-3H3;1H;/q2*-1;;+2/p-1. The molecule has 0 radical (unpaired) electrons. The summed E-state index contributed by atoms with van der Waals surface area (Å²) < 4.78 is 0. The van der Waals surface area contributed by atoms with Crippen LogP contribution in [0.1, 0.15) is 12.8 Å². The zero-order valence-corrected chi connectivity index (χ0v) is 18.8. The summed E-state index contributed by atoms with van der Waals surface area (Å²) in [6.45, 7) is 14.1. The maximum atomic E-state index is 3.36. The van der Waals surface area contributed by atoms with Gasteiger partial charge in [0.1, 0.15) is 0 Å². The average molecular weight is 401 g/mol. The average Bonchev–Trinajstić information content (AvgIpc) is 2.91. The molecule has 2 aliphatic rings. The summed E-state index contributed by atoms with van der Waals surface area (Å²) >= 11 is 0. The van der Waals surface area contributed by atoms with Crippen LogP contribution in [0.15, 0.2) is 34.7 Å². The predicted octanol–water partition coefficient (Wildman–Crippen LogP) is 2.11. The van der Waals surface area contributed by atoms with Crippen LogP contribution in [-0.4, -0.2) is 16.1 Å². The first kappa shape index (κ1) is 22.8. The summed E-state index contributed by atoms with van der Waals surface area (Å²) in [7, 11) is -2.01. The van der Waals surface area contributed by atoms with Crippen LogP contribution in [0.25, 0.3) is 0 Å². The molecule has 2 aliphatic carbocycles. The first-order chi connectivity index (χ1) is 8.21. The van der Waals surface area contributed by atoms with E-state index in [0.717, 1.165) is 12.8 Å². The van der Waals surface area contributed by atoms with Gasteiger partial charge in [-0.3, -0.25) is 12.2 Å². The van der Waals surface area contributed by atoms with E-state index in [1.54, 1.807) is 0 Å². The SMILES string of the molecule is C[Si](C)(C)C1=[C-]CC=C1.C[Si](C)(C)C1=[C-]CC=C1.[Cl-].[Zr+2]. The molecule has 0 aromatic carbocycles. The Morgan fingerprint density at radius 3 is 1.15 bits per heavy atom. The molecule has 0 unspecified atom stereocenters. The van der Waals surface area contributed by atoms with Crippen molar-refractivity contribution >= 4 is 16.1 Å². The molecule has 0 spiro atoms. The van der Waals surface area contributed by atoms with E-state index < -0.39 is 16.1 Å². The van der Waals surface area contributed by atoms with Crippen molar-refractivity contribution in [2.24, 2.45) is 0 Å². The summed E-state index contributed by atoms with van der Waals surface area (Å²) in [4.78, 5) is 0. The second-order valence-corrected chi connectivity index (χ2v) is 17.0. The van der Waals surface area contributed by atoms with Crippen molar-refractivity contribution in [1.82, 2.24) is 0 Å². The van der Waals surface area contributed by atoms with Crippen molar-refractivity contribution in [2.75, 3.05) is 0 Å². The van der Waals surface area contributed by atoms with Gasteiger partial charge in [-0.1, -0.05) is 39.3 Å². The minimum absolute atomic E-state index is 0. The van der Waals surface area contributed by atoms with E-state index in [4.69, 9.17) is 0 Å². The molecule has 20 heavy (non-hydrogen) atoms. The maximum Gasteiger partial charge on any atom is 2.00 e. The second-order valence-electron chi connectivity index (χ2n) is 6.89. The third-order valence-electron chi connectivity index (χ3n) is 3.01. The summed E-state index contributed by atoms with van der Waals surface area (Å²) in [6.07, 6.45) is 17.6. The van der Waals surface area contributed by atoms with Crippen molar-refractivity contribution in [2.45, 2.75) is 52.1 Å². The Balaban J connectivity index is 0. The fourth-order valence-corrected chi connectivity index (χ4v) is 4.34. The van der Waals surface area contributed by atoms with E-state index in [-0.39, 0.29) is 38.6 Å². The number of allylic oxidation sites excluding steroid dienone is 8. The van der Waals surface area contributed by atoms with Crippen LogP contribution in [-0.2, 0) is 26.2 Å². The number of halogens is 1. The van der Waals surface area contributed by atoms with Crippen LogP contribution in [0.4, 0.5) is 0 Å². The molecule has 0 saturated heterocycles. The van der Waals surface area contributed by atoms with E-state index in [9.17, 15) is 0 Å². The maximum absolute atomic E-state index is 3.36. The van der Waals surface area contributed by atoms with Gasteiger partial charge in [0.25, 0.3) is 0 Å². The topological polar surface area (TPSA) is 0 Å². The van der Waals surface area contributed by atoms with E-state index in [0.29, 0.717) is 0 Å². The summed E-state index contributed by atoms with van der Waals surface area (Å²) in [5.74, 6) is 0. The van der Waals surface area contributed by atoms with Crippen LogP contribution in [0.2, 0.25) is 39.3 Å². The van der Waals surface area contributed by atoms with Gasteiger partial charge >= 0.3 is 26.2 Å². The van der Waals surface area contributed by atoms with Gasteiger partial charge in [-0.15, -0.1) is 12.8 Å². The first-order valence-electron chi connectivity index (χ1n) is 6.77. The Hall–Kier alpha value is 0.567. The Morgan fingerprint density at radius 1 is 0.750 bits per heavy atom. The Bertz CT molecular complexity index is 367. The Labute approximate surface area is 153 Å². The zero-order chi connectivity index (χ0) is 13.8. The molecule has 0 heterocycles. The van der Waals surface area contributed by atoms with E-state index in [2.05, 4.69) is 75.7 Å². The normalized spacial score (nSPS) is 16.5. The molecule has 0 bridgehead atoms. The minimum Gasteiger partial charge on any atom is -1.00 e. The van der Waals surface area contributed by atoms with Gasteiger partial charge in [-0.2, -0.15) is 12.2 Å². The van der Waals surface area contributed by atoms with Crippen molar-refractivity contribution in [1.29, 1.82) is 0 Å². The fraction of sp³-hybridized carbons (Fsp3) is 0.500. The zero-order valence-electron chi connectivity index (χ0n) is 13.6.